The average molecular weight is 235 g/mol. The Morgan fingerprint density at radius 2 is 2.07 bits per heavy atom. The third-order valence-corrected chi connectivity index (χ3v) is 2.30. The first kappa shape index (κ1) is 11.9. The number of methoxy groups -OCH3 is 1. The molecule has 5 heteroatoms. The van der Waals surface area contributed by atoms with E-state index in [4.69, 9.17) is 16.3 Å². The molecule has 0 aliphatic rings. The van der Waals surface area contributed by atoms with Crippen molar-refractivity contribution < 1.29 is 18.3 Å². The number of ether oxygens (including phenoxy) is 1. The van der Waals surface area contributed by atoms with Crippen molar-refractivity contribution in [1.82, 2.24) is 0 Å². The van der Waals surface area contributed by atoms with E-state index >= 15 is 0 Å². The van der Waals surface area contributed by atoms with Crippen molar-refractivity contribution in [3.8, 4) is 5.75 Å². The van der Waals surface area contributed by atoms with E-state index in [9.17, 15) is 13.6 Å². The topological polar surface area (TPSA) is 26.3 Å². The van der Waals surface area contributed by atoms with Gasteiger partial charge in [0.2, 0.25) is 0 Å². The summed E-state index contributed by atoms with van der Waals surface area (Å²) in [7, 11) is 1.31. The van der Waals surface area contributed by atoms with Gasteiger partial charge >= 0.3 is 0 Å². The molecule has 1 aromatic carbocycles. The van der Waals surface area contributed by atoms with Gasteiger partial charge in [-0.05, 0) is 19.1 Å². The Kier molecular flexibility index (Phi) is 3.63. The molecule has 0 bridgehead atoms. The van der Waals surface area contributed by atoms with Crippen molar-refractivity contribution in [3.63, 3.8) is 0 Å². The van der Waals surface area contributed by atoms with E-state index in [1.165, 1.54) is 14.0 Å². The molecule has 0 aliphatic carbocycles. The molecule has 0 saturated carbocycles. The number of halogens is 3. The molecule has 0 radical (unpaired) electrons. The Morgan fingerprint density at radius 1 is 1.47 bits per heavy atom. The molecule has 0 atom stereocenters. The molecular weight excluding hydrogens is 226 g/mol. The highest BCUT2D eigenvalue weighted by atomic mass is 35.5. The van der Waals surface area contributed by atoms with E-state index in [2.05, 4.69) is 0 Å². The van der Waals surface area contributed by atoms with E-state index < -0.39 is 6.43 Å². The second kappa shape index (κ2) is 4.57. The summed E-state index contributed by atoms with van der Waals surface area (Å²) in [4.78, 5) is 11.1. The third kappa shape index (κ3) is 2.45. The number of benzene rings is 1. The fourth-order valence-corrected chi connectivity index (χ4v) is 1.47. The maximum atomic E-state index is 12.4. The van der Waals surface area contributed by atoms with Gasteiger partial charge in [-0.1, -0.05) is 11.6 Å². The minimum Gasteiger partial charge on any atom is -0.495 e. The van der Waals surface area contributed by atoms with Crippen LogP contribution in [0.3, 0.4) is 0 Å². The Labute approximate surface area is 90.8 Å². The number of alkyl halides is 2. The van der Waals surface area contributed by atoms with Crippen LogP contribution in [0.1, 0.15) is 29.3 Å². The second-order valence-electron chi connectivity index (χ2n) is 2.94. The molecule has 2 nitrogen and oxygen atoms in total. The molecule has 15 heavy (non-hydrogen) atoms. The fraction of sp³-hybridized carbons (Fsp3) is 0.300. The van der Waals surface area contributed by atoms with Crippen LogP contribution in [0.2, 0.25) is 5.02 Å². The molecule has 1 rings (SSSR count). The fourth-order valence-electron chi connectivity index (χ4n) is 1.15. The average Bonchev–Trinajstić information content (AvgIpc) is 2.17. The van der Waals surface area contributed by atoms with E-state index in [1.54, 1.807) is 0 Å². The molecule has 0 spiro atoms. The van der Waals surface area contributed by atoms with Crippen molar-refractivity contribution in [1.29, 1.82) is 0 Å². The molecule has 0 fully saturated rings. The summed E-state index contributed by atoms with van der Waals surface area (Å²) >= 11 is 5.79. The zero-order valence-corrected chi connectivity index (χ0v) is 8.94. The summed E-state index contributed by atoms with van der Waals surface area (Å²) in [5.41, 5.74) is -0.229. The monoisotopic (exact) mass is 234 g/mol. The van der Waals surface area contributed by atoms with Crippen molar-refractivity contribution in [2.24, 2.45) is 0 Å². The van der Waals surface area contributed by atoms with Crippen LogP contribution in [0.4, 0.5) is 8.78 Å². The molecule has 1 aromatic rings. The zero-order valence-electron chi connectivity index (χ0n) is 8.18. The van der Waals surface area contributed by atoms with E-state index in [0.717, 1.165) is 12.1 Å². The molecule has 0 heterocycles. The van der Waals surface area contributed by atoms with Gasteiger partial charge in [0, 0.05) is 11.1 Å². The van der Waals surface area contributed by atoms with Crippen molar-refractivity contribution in [3.05, 3.63) is 28.3 Å². The second-order valence-corrected chi connectivity index (χ2v) is 3.32. The number of hydrogen-bond acceptors (Lipinski definition) is 2. The van der Waals surface area contributed by atoms with Crippen LogP contribution in [0.5, 0.6) is 5.75 Å². The number of Topliss-reactive ketones (excluding diaryl/α,β-unsaturated/α-hetero) is 1. The number of rotatable bonds is 3. The maximum Gasteiger partial charge on any atom is 0.264 e. The molecule has 0 aliphatic heterocycles. The van der Waals surface area contributed by atoms with Gasteiger partial charge in [0.25, 0.3) is 6.43 Å². The quantitative estimate of drug-likeness (QED) is 0.749. The van der Waals surface area contributed by atoms with E-state index in [-0.39, 0.29) is 27.7 Å². The first-order valence-corrected chi connectivity index (χ1v) is 4.51. The van der Waals surface area contributed by atoms with Crippen LogP contribution in [0.15, 0.2) is 12.1 Å². The number of ketones is 1. The highest BCUT2D eigenvalue weighted by Gasteiger charge is 2.17. The van der Waals surface area contributed by atoms with Gasteiger partial charge in [0.1, 0.15) is 5.75 Å². The molecular formula is C10H9ClF2O2. The van der Waals surface area contributed by atoms with Crippen LogP contribution in [0.25, 0.3) is 0 Å². The van der Waals surface area contributed by atoms with Gasteiger partial charge in [-0.15, -0.1) is 0 Å². The lowest BCUT2D eigenvalue weighted by atomic mass is 10.1. The highest BCUT2D eigenvalue weighted by Crippen LogP contribution is 2.33. The molecule has 0 amide bonds. The smallest absolute Gasteiger partial charge is 0.264 e. The Hall–Kier alpha value is -1.16. The van der Waals surface area contributed by atoms with Gasteiger partial charge in [0.05, 0.1) is 12.1 Å². The van der Waals surface area contributed by atoms with Crippen LogP contribution < -0.4 is 4.74 Å². The number of carbonyl (C=O) groups is 1. The van der Waals surface area contributed by atoms with Crippen molar-refractivity contribution >= 4 is 17.4 Å². The summed E-state index contributed by atoms with van der Waals surface area (Å²) in [6, 6.07) is 2.21. The van der Waals surface area contributed by atoms with E-state index in [0.29, 0.717) is 0 Å². The lowest BCUT2D eigenvalue weighted by Gasteiger charge is -2.09. The van der Waals surface area contributed by atoms with Gasteiger partial charge in [-0.2, -0.15) is 0 Å². The first-order valence-electron chi connectivity index (χ1n) is 4.14. The van der Waals surface area contributed by atoms with E-state index in [1.807, 2.05) is 0 Å². The van der Waals surface area contributed by atoms with Gasteiger partial charge < -0.3 is 4.74 Å². The number of hydrogen-bond donors (Lipinski definition) is 0. The van der Waals surface area contributed by atoms with Gasteiger partial charge in [-0.3, -0.25) is 4.79 Å². The van der Waals surface area contributed by atoms with Crippen LogP contribution in [-0.2, 0) is 0 Å². The Balaban J connectivity index is 3.38. The molecule has 82 valence electrons. The van der Waals surface area contributed by atoms with Crippen molar-refractivity contribution in [2.45, 2.75) is 13.3 Å². The molecule has 0 unspecified atom stereocenters. The summed E-state index contributed by atoms with van der Waals surface area (Å²) in [6.45, 7) is 1.26. The predicted octanol–water partition coefficient (Wildman–Crippen LogP) is 3.49. The maximum absolute atomic E-state index is 12.4. The van der Waals surface area contributed by atoms with Crippen LogP contribution in [0, 0.1) is 0 Å². The predicted molar refractivity (Wildman–Crippen MR) is 53.0 cm³/mol. The molecule has 0 aromatic heterocycles. The van der Waals surface area contributed by atoms with Crippen LogP contribution in [-0.4, -0.2) is 12.9 Å². The standard InChI is InChI=1S/C10H9ClF2O2/c1-5(14)7-3-6(10(12)13)4-8(15-2)9(7)11/h3-4,10H,1-2H3. The minimum atomic E-state index is -2.66. The zero-order chi connectivity index (χ0) is 11.6. The SMILES string of the molecule is COc1cc(C(F)F)cc(C(C)=O)c1Cl. The van der Waals surface area contributed by atoms with Gasteiger partial charge in [-0.25, -0.2) is 8.78 Å². The Morgan fingerprint density at radius 3 is 2.47 bits per heavy atom. The minimum absolute atomic E-state index is 0.0475. The van der Waals surface area contributed by atoms with Crippen LogP contribution >= 0.6 is 11.6 Å². The molecule has 0 saturated heterocycles. The Bertz CT molecular complexity index is 391. The third-order valence-electron chi connectivity index (χ3n) is 1.91. The molecule has 0 N–H and O–H groups in total. The summed E-state index contributed by atoms with van der Waals surface area (Å²) in [6.07, 6.45) is -2.66. The summed E-state index contributed by atoms with van der Waals surface area (Å²) in [5.74, 6) is -0.291. The lowest BCUT2D eigenvalue weighted by molar-refractivity contribution is 0.101. The summed E-state index contributed by atoms with van der Waals surface area (Å²) in [5, 5.41) is 0.0643. The largest absolute Gasteiger partial charge is 0.495 e. The van der Waals surface area contributed by atoms with Crippen molar-refractivity contribution in [2.75, 3.05) is 7.11 Å². The first-order chi connectivity index (χ1) is 6.97. The summed E-state index contributed by atoms with van der Waals surface area (Å²) < 4.78 is 29.7. The van der Waals surface area contributed by atoms with Gasteiger partial charge in [0.15, 0.2) is 5.78 Å². The normalized spacial score (nSPS) is 10.5. The highest BCUT2D eigenvalue weighted by molar-refractivity contribution is 6.35. The number of carbonyl (C=O) groups excluding carboxylic acids is 1. The lowest BCUT2D eigenvalue weighted by Crippen LogP contribution is -1.99.